The molecule has 5 heteroatoms. The molecular formula is C16H25N2O3+. The summed E-state index contributed by atoms with van der Waals surface area (Å²) in [4.78, 5) is 13.3. The fraction of sp³-hybridized carbons (Fsp3) is 0.562. The molecule has 0 aromatic heterocycles. The number of likely N-dealkylation sites (tertiary alicyclic amines) is 1. The maximum atomic E-state index is 11.8. The van der Waals surface area contributed by atoms with Crippen molar-refractivity contribution in [3.8, 4) is 5.75 Å². The first kappa shape index (κ1) is 15.6. The molecular weight excluding hydrogens is 268 g/mol. The molecule has 0 spiro atoms. The normalized spacial score (nSPS) is 21.6. The molecule has 116 valence electrons. The van der Waals surface area contributed by atoms with Gasteiger partial charge in [-0.25, -0.2) is 4.79 Å². The lowest BCUT2D eigenvalue weighted by molar-refractivity contribution is -0.885. The second-order valence-electron chi connectivity index (χ2n) is 5.56. The number of piperidine rings is 1. The number of carbonyl (C=O) groups is 1. The number of rotatable bonds is 5. The second kappa shape index (κ2) is 7.88. The fourth-order valence-electron chi connectivity index (χ4n) is 2.36. The third-order valence-electron chi connectivity index (χ3n) is 3.63. The zero-order valence-corrected chi connectivity index (χ0v) is 12.9. The van der Waals surface area contributed by atoms with Gasteiger partial charge < -0.3 is 14.4 Å². The highest BCUT2D eigenvalue weighted by Gasteiger charge is 2.22. The van der Waals surface area contributed by atoms with Crippen LogP contribution >= 0.6 is 0 Å². The summed E-state index contributed by atoms with van der Waals surface area (Å²) in [5.41, 5.74) is 0.724. The minimum atomic E-state index is -0.373. The Balaban J connectivity index is 1.77. The van der Waals surface area contributed by atoms with Crippen molar-refractivity contribution in [2.45, 2.75) is 32.3 Å². The first-order valence-electron chi connectivity index (χ1n) is 7.69. The third-order valence-corrected chi connectivity index (χ3v) is 3.63. The van der Waals surface area contributed by atoms with Crippen LogP contribution in [-0.4, -0.2) is 38.9 Å². The SMILES string of the molecule is CCCOc1ccc(NC(=O)OC2CC[NH+](C)CC2)cc1. The molecule has 1 aromatic rings. The summed E-state index contributed by atoms with van der Waals surface area (Å²) < 4.78 is 10.9. The van der Waals surface area contributed by atoms with Crippen LogP contribution in [0.5, 0.6) is 5.75 Å². The molecule has 1 aromatic carbocycles. The molecule has 1 heterocycles. The van der Waals surface area contributed by atoms with Gasteiger partial charge in [-0.05, 0) is 30.7 Å². The van der Waals surface area contributed by atoms with Gasteiger partial charge in [0.1, 0.15) is 11.9 Å². The molecule has 1 saturated heterocycles. The molecule has 2 rings (SSSR count). The molecule has 0 bridgehead atoms. The molecule has 0 atom stereocenters. The number of carbonyl (C=O) groups excluding carboxylic acids is 1. The Morgan fingerprint density at radius 3 is 2.57 bits per heavy atom. The smallest absolute Gasteiger partial charge is 0.411 e. The topological polar surface area (TPSA) is 52.0 Å². The van der Waals surface area contributed by atoms with E-state index in [0.29, 0.717) is 6.61 Å². The van der Waals surface area contributed by atoms with E-state index >= 15 is 0 Å². The van der Waals surface area contributed by atoms with Crippen LogP contribution in [-0.2, 0) is 4.74 Å². The van der Waals surface area contributed by atoms with Gasteiger partial charge in [0.2, 0.25) is 0 Å². The number of quaternary nitrogens is 1. The van der Waals surface area contributed by atoms with E-state index in [2.05, 4.69) is 19.3 Å². The molecule has 1 aliphatic rings. The molecule has 2 N–H and O–H groups in total. The number of benzene rings is 1. The van der Waals surface area contributed by atoms with E-state index in [0.717, 1.165) is 43.8 Å². The number of hydrogen-bond acceptors (Lipinski definition) is 3. The van der Waals surface area contributed by atoms with E-state index in [9.17, 15) is 4.79 Å². The fourth-order valence-corrected chi connectivity index (χ4v) is 2.36. The summed E-state index contributed by atoms with van der Waals surface area (Å²) >= 11 is 0. The summed E-state index contributed by atoms with van der Waals surface area (Å²) in [7, 11) is 2.17. The van der Waals surface area contributed by atoms with Crippen molar-refractivity contribution in [3.05, 3.63) is 24.3 Å². The average Bonchev–Trinajstić information content (AvgIpc) is 2.49. The Morgan fingerprint density at radius 1 is 1.29 bits per heavy atom. The zero-order chi connectivity index (χ0) is 15.1. The lowest BCUT2D eigenvalue weighted by Gasteiger charge is -2.26. The molecule has 1 fully saturated rings. The lowest BCUT2D eigenvalue weighted by Crippen LogP contribution is -3.10. The molecule has 1 amide bonds. The highest BCUT2D eigenvalue weighted by atomic mass is 16.6. The van der Waals surface area contributed by atoms with Gasteiger partial charge in [0.25, 0.3) is 0 Å². The van der Waals surface area contributed by atoms with E-state index < -0.39 is 0 Å². The van der Waals surface area contributed by atoms with Crippen molar-refractivity contribution in [1.29, 1.82) is 0 Å². The van der Waals surface area contributed by atoms with E-state index in [4.69, 9.17) is 9.47 Å². The molecule has 0 saturated carbocycles. The van der Waals surface area contributed by atoms with Gasteiger partial charge >= 0.3 is 6.09 Å². The van der Waals surface area contributed by atoms with Gasteiger partial charge in [0, 0.05) is 18.5 Å². The van der Waals surface area contributed by atoms with E-state index in [1.807, 2.05) is 24.3 Å². The van der Waals surface area contributed by atoms with Crippen molar-refractivity contribution >= 4 is 11.8 Å². The monoisotopic (exact) mass is 293 g/mol. The van der Waals surface area contributed by atoms with Gasteiger partial charge in [0.05, 0.1) is 26.7 Å². The zero-order valence-electron chi connectivity index (χ0n) is 12.9. The average molecular weight is 293 g/mol. The van der Waals surface area contributed by atoms with Crippen LogP contribution in [0, 0.1) is 0 Å². The van der Waals surface area contributed by atoms with Gasteiger partial charge in [-0.15, -0.1) is 0 Å². The second-order valence-corrected chi connectivity index (χ2v) is 5.56. The van der Waals surface area contributed by atoms with Gasteiger partial charge in [0.15, 0.2) is 0 Å². The molecule has 0 aliphatic carbocycles. The van der Waals surface area contributed by atoms with E-state index in [-0.39, 0.29) is 12.2 Å². The number of amides is 1. The predicted molar refractivity (Wildman–Crippen MR) is 82.0 cm³/mol. The van der Waals surface area contributed by atoms with E-state index in [1.165, 1.54) is 4.90 Å². The Bertz CT molecular complexity index is 439. The largest absolute Gasteiger partial charge is 0.494 e. The maximum absolute atomic E-state index is 11.8. The molecule has 21 heavy (non-hydrogen) atoms. The lowest BCUT2D eigenvalue weighted by atomic mass is 10.1. The summed E-state index contributed by atoms with van der Waals surface area (Å²) in [6, 6.07) is 7.35. The van der Waals surface area contributed by atoms with Crippen molar-refractivity contribution in [2.24, 2.45) is 0 Å². The van der Waals surface area contributed by atoms with Crippen molar-refractivity contribution < 1.29 is 19.2 Å². The maximum Gasteiger partial charge on any atom is 0.411 e. The van der Waals surface area contributed by atoms with Crippen LogP contribution < -0.4 is 15.0 Å². The quantitative estimate of drug-likeness (QED) is 0.869. The number of nitrogens with one attached hydrogen (secondary N) is 2. The molecule has 0 unspecified atom stereocenters. The molecule has 1 aliphatic heterocycles. The van der Waals surface area contributed by atoms with Crippen molar-refractivity contribution in [1.82, 2.24) is 0 Å². The van der Waals surface area contributed by atoms with Gasteiger partial charge in [-0.2, -0.15) is 0 Å². The number of hydrogen-bond donors (Lipinski definition) is 2. The highest BCUT2D eigenvalue weighted by Crippen LogP contribution is 2.16. The van der Waals surface area contributed by atoms with Crippen LogP contribution in [0.25, 0.3) is 0 Å². The predicted octanol–water partition coefficient (Wildman–Crippen LogP) is 1.70. The first-order chi connectivity index (χ1) is 10.2. The van der Waals surface area contributed by atoms with Crippen molar-refractivity contribution in [2.75, 3.05) is 32.1 Å². The van der Waals surface area contributed by atoms with E-state index in [1.54, 1.807) is 0 Å². The Labute approximate surface area is 126 Å². The Hall–Kier alpha value is -1.75. The highest BCUT2D eigenvalue weighted by molar-refractivity contribution is 5.84. The Morgan fingerprint density at radius 2 is 1.95 bits per heavy atom. The van der Waals surface area contributed by atoms with Crippen LogP contribution in [0.1, 0.15) is 26.2 Å². The minimum absolute atomic E-state index is 0.0425. The van der Waals surface area contributed by atoms with Crippen LogP contribution in [0.2, 0.25) is 0 Å². The summed E-state index contributed by atoms with van der Waals surface area (Å²) in [5.74, 6) is 0.814. The standard InChI is InChI=1S/C16H24N2O3/c1-3-12-20-14-6-4-13(5-7-14)17-16(19)21-15-8-10-18(2)11-9-15/h4-7,15H,3,8-12H2,1-2H3,(H,17,19)/p+1. The van der Waals surface area contributed by atoms with Gasteiger partial charge in [-0.3, -0.25) is 5.32 Å². The minimum Gasteiger partial charge on any atom is -0.494 e. The molecule has 0 radical (unpaired) electrons. The summed E-state index contributed by atoms with van der Waals surface area (Å²) in [5, 5.41) is 2.76. The van der Waals surface area contributed by atoms with Gasteiger partial charge in [-0.1, -0.05) is 6.92 Å². The summed E-state index contributed by atoms with van der Waals surface area (Å²) in [6.45, 7) is 4.88. The van der Waals surface area contributed by atoms with Crippen LogP contribution in [0.3, 0.4) is 0 Å². The molecule has 5 nitrogen and oxygen atoms in total. The summed E-state index contributed by atoms with van der Waals surface area (Å²) in [6.07, 6.45) is 2.51. The first-order valence-corrected chi connectivity index (χ1v) is 7.69. The van der Waals surface area contributed by atoms with Crippen LogP contribution in [0.15, 0.2) is 24.3 Å². The number of anilines is 1. The van der Waals surface area contributed by atoms with Crippen LogP contribution in [0.4, 0.5) is 10.5 Å². The third kappa shape index (κ3) is 5.27. The van der Waals surface area contributed by atoms with Crippen molar-refractivity contribution in [3.63, 3.8) is 0 Å². The Kier molecular flexibility index (Phi) is 5.87. The number of ether oxygens (including phenoxy) is 2.